The molecule has 1 heterocycles. The van der Waals surface area contributed by atoms with E-state index in [9.17, 15) is 13.6 Å². The molecule has 0 aliphatic carbocycles. The number of morpholine rings is 1. The SMILES string of the molecule is O=C(Cc1ccc(F)c(F)c1)N1CCOC(CCl)C1. The van der Waals surface area contributed by atoms with Gasteiger partial charge in [0, 0.05) is 13.1 Å². The Labute approximate surface area is 115 Å². The molecule has 6 heteroatoms. The average Bonchev–Trinajstić information content (AvgIpc) is 2.43. The molecule has 1 aliphatic rings. The molecular weight excluding hydrogens is 276 g/mol. The molecule has 104 valence electrons. The zero-order chi connectivity index (χ0) is 13.8. The van der Waals surface area contributed by atoms with Crippen molar-refractivity contribution in [1.29, 1.82) is 0 Å². The van der Waals surface area contributed by atoms with Gasteiger partial charge in [0.1, 0.15) is 0 Å². The molecule has 1 aromatic rings. The maximum atomic E-state index is 13.1. The van der Waals surface area contributed by atoms with Crippen molar-refractivity contribution in [2.24, 2.45) is 0 Å². The molecule has 1 amide bonds. The number of carbonyl (C=O) groups is 1. The highest BCUT2D eigenvalue weighted by molar-refractivity contribution is 6.18. The number of nitrogens with zero attached hydrogens (tertiary/aromatic N) is 1. The first-order valence-corrected chi connectivity index (χ1v) is 6.53. The summed E-state index contributed by atoms with van der Waals surface area (Å²) in [7, 11) is 0. The van der Waals surface area contributed by atoms with Crippen LogP contribution in [0.3, 0.4) is 0 Å². The summed E-state index contributed by atoms with van der Waals surface area (Å²) in [5, 5.41) is 0. The standard InChI is InChI=1S/C13H14ClF2NO2/c14-7-10-8-17(3-4-19-10)13(18)6-9-1-2-11(15)12(16)5-9/h1-2,5,10H,3-4,6-8H2. The van der Waals surface area contributed by atoms with Gasteiger partial charge in [-0.05, 0) is 17.7 Å². The van der Waals surface area contributed by atoms with Crippen LogP contribution in [0.5, 0.6) is 0 Å². The van der Waals surface area contributed by atoms with E-state index in [1.165, 1.54) is 6.07 Å². The Morgan fingerprint density at radius 3 is 2.89 bits per heavy atom. The summed E-state index contributed by atoms with van der Waals surface area (Å²) in [6.07, 6.45) is -0.115. The molecule has 0 radical (unpaired) electrons. The molecule has 1 saturated heterocycles. The molecule has 3 nitrogen and oxygen atoms in total. The minimum absolute atomic E-state index is 0.0478. The first kappa shape index (κ1) is 14.2. The van der Waals surface area contributed by atoms with Crippen LogP contribution in [0, 0.1) is 11.6 Å². The van der Waals surface area contributed by atoms with Gasteiger partial charge in [0.25, 0.3) is 0 Å². The molecule has 0 aromatic heterocycles. The molecular formula is C13H14ClF2NO2. The van der Waals surface area contributed by atoms with Crippen molar-refractivity contribution >= 4 is 17.5 Å². The first-order valence-electron chi connectivity index (χ1n) is 5.99. The molecule has 1 fully saturated rings. The maximum Gasteiger partial charge on any atom is 0.227 e. The van der Waals surface area contributed by atoms with Crippen molar-refractivity contribution in [3.05, 3.63) is 35.4 Å². The number of hydrogen-bond acceptors (Lipinski definition) is 2. The van der Waals surface area contributed by atoms with Gasteiger partial charge in [-0.25, -0.2) is 8.78 Å². The summed E-state index contributed by atoms with van der Waals surface area (Å²) >= 11 is 5.69. The van der Waals surface area contributed by atoms with E-state index in [1.807, 2.05) is 0 Å². The molecule has 0 spiro atoms. The number of alkyl halides is 1. The largest absolute Gasteiger partial charge is 0.373 e. The van der Waals surface area contributed by atoms with Crippen LogP contribution in [0.15, 0.2) is 18.2 Å². The monoisotopic (exact) mass is 289 g/mol. The minimum Gasteiger partial charge on any atom is -0.373 e. The Balaban J connectivity index is 1.98. The number of benzene rings is 1. The van der Waals surface area contributed by atoms with Crippen molar-refractivity contribution in [1.82, 2.24) is 4.90 Å². The third-order valence-electron chi connectivity index (χ3n) is 3.00. The van der Waals surface area contributed by atoms with Crippen LogP contribution in [-0.2, 0) is 16.0 Å². The lowest BCUT2D eigenvalue weighted by atomic mass is 10.1. The second-order valence-electron chi connectivity index (χ2n) is 4.41. The van der Waals surface area contributed by atoms with E-state index in [-0.39, 0.29) is 18.4 Å². The van der Waals surface area contributed by atoms with Crippen molar-refractivity contribution in [3.63, 3.8) is 0 Å². The van der Waals surface area contributed by atoms with E-state index in [0.717, 1.165) is 12.1 Å². The fraction of sp³-hybridized carbons (Fsp3) is 0.462. The molecule has 1 atom stereocenters. The first-order chi connectivity index (χ1) is 9.10. The van der Waals surface area contributed by atoms with Gasteiger partial charge in [-0.3, -0.25) is 4.79 Å². The second kappa shape index (κ2) is 6.30. The third kappa shape index (κ3) is 3.64. The van der Waals surface area contributed by atoms with E-state index in [1.54, 1.807) is 4.90 Å². The Hall–Kier alpha value is -1.20. The number of carbonyl (C=O) groups excluding carboxylic acids is 1. The van der Waals surface area contributed by atoms with Gasteiger partial charge in [0.15, 0.2) is 11.6 Å². The van der Waals surface area contributed by atoms with Gasteiger partial charge in [0.05, 0.1) is 25.0 Å². The molecule has 2 rings (SSSR count). The minimum atomic E-state index is -0.939. The van der Waals surface area contributed by atoms with E-state index in [2.05, 4.69) is 0 Å². The van der Waals surface area contributed by atoms with Gasteiger partial charge >= 0.3 is 0 Å². The number of halogens is 3. The van der Waals surface area contributed by atoms with Crippen molar-refractivity contribution in [3.8, 4) is 0 Å². The molecule has 0 bridgehead atoms. The Morgan fingerprint density at radius 2 is 2.21 bits per heavy atom. The maximum absolute atomic E-state index is 13.1. The number of amides is 1. The van der Waals surface area contributed by atoms with Crippen LogP contribution < -0.4 is 0 Å². The topological polar surface area (TPSA) is 29.5 Å². The summed E-state index contributed by atoms with van der Waals surface area (Å²) in [4.78, 5) is 13.7. The molecule has 1 aromatic carbocycles. The molecule has 0 N–H and O–H groups in total. The van der Waals surface area contributed by atoms with Crippen molar-refractivity contribution in [2.75, 3.05) is 25.6 Å². The Morgan fingerprint density at radius 1 is 1.42 bits per heavy atom. The van der Waals surface area contributed by atoms with Gasteiger partial charge in [0.2, 0.25) is 5.91 Å². The van der Waals surface area contributed by atoms with Crippen LogP contribution in [0.25, 0.3) is 0 Å². The fourth-order valence-corrected chi connectivity index (χ4v) is 2.16. The van der Waals surface area contributed by atoms with Crippen LogP contribution in [-0.4, -0.2) is 42.5 Å². The third-order valence-corrected chi connectivity index (χ3v) is 3.35. The number of rotatable bonds is 3. The van der Waals surface area contributed by atoms with Crippen molar-refractivity contribution in [2.45, 2.75) is 12.5 Å². The summed E-state index contributed by atoms with van der Waals surface area (Å²) < 4.78 is 31.2. The highest BCUT2D eigenvalue weighted by Crippen LogP contribution is 2.12. The van der Waals surface area contributed by atoms with Crippen LogP contribution in [0.1, 0.15) is 5.56 Å². The summed E-state index contributed by atoms with van der Waals surface area (Å²) in [5.74, 6) is -1.66. The predicted octanol–water partition coefficient (Wildman–Crippen LogP) is 1.97. The predicted molar refractivity (Wildman–Crippen MR) is 67.1 cm³/mol. The molecule has 1 aliphatic heterocycles. The van der Waals surface area contributed by atoms with E-state index in [0.29, 0.717) is 31.1 Å². The summed E-state index contributed by atoms with van der Waals surface area (Å²) in [5.41, 5.74) is 0.456. The number of ether oxygens (including phenoxy) is 1. The Bertz CT molecular complexity index is 470. The lowest BCUT2D eigenvalue weighted by Crippen LogP contribution is -2.46. The quantitative estimate of drug-likeness (QED) is 0.796. The van der Waals surface area contributed by atoms with Gasteiger partial charge in [-0.2, -0.15) is 0 Å². The molecule has 0 saturated carbocycles. The average molecular weight is 290 g/mol. The van der Waals surface area contributed by atoms with Gasteiger partial charge < -0.3 is 9.64 Å². The zero-order valence-corrected chi connectivity index (χ0v) is 11.0. The van der Waals surface area contributed by atoms with Gasteiger partial charge in [-0.1, -0.05) is 6.07 Å². The number of hydrogen-bond donors (Lipinski definition) is 0. The van der Waals surface area contributed by atoms with Gasteiger partial charge in [-0.15, -0.1) is 11.6 Å². The lowest BCUT2D eigenvalue weighted by Gasteiger charge is -2.32. The van der Waals surface area contributed by atoms with E-state index >= 15 is 0 Å². The van der Waals surface area contributed by atoms with Crippen LogP contribution >= 0.6 is 11.6 Å². The Kier molecular flexibility index (Phi) is 4.71. The summed E-state index contributed by atoms with van der Waals surface area (Å²) in [6, 6.07) is 3.49. The summed E-state index contributed by atoms with van der Waals surface area (Å²) in [6.45, 7) is 1.38. The molecule has 1 unspecified atom stereocenters. The lowest BCUT2D eigenvalue weighted by molar-refractivity contribution is -0.137. The fourth-order valence-electron chi connectivity index (χ4n) is 1.98. The zero-order valence-electron chi connectivity index (χ0n) is 10.2. The highest BCUT2D eigenvalue weighted by atomic mass is 35.5. The highest BCUT2D eigenvalue weighted by Gasteiger charge is 2.23. The van der Waals surface area contributed by atoms with Crippen molar-refractivity contribution < 1.29 is 18.3 Å². The van der Waals surface area contributed by atoms with Crippen LogP contribution in [0.4, 0.5) is 8.78 Å². The molecule has 19 heavy (non-hydrogen) atoms. The smallest absolute Gasteiger partial charge is 0.227 e. The normalized spacial score (nSPS) is 19.5. The van der Waals surface area contributed by atoms with E-state index in [4.69, 9.17) is 16.3 Å². The van der Waals surface area contributed by atoms with Crippen LogP contribution in [0.2, 0.25) is 0 Å². The van der Waals surface area contributed by atoms with E-state index < -0.39 is 11.6 Å². The second-order valence-corrected chi connectivity index (χ2v) is 4.72.